The zero-order valence-corrected chi connectivity index (χ0v) is 13.9. The van der Waals surface area contributed by atoms with Crippen molar-refractivity contribution in [1.82, 2.24) is 15.1 Å². The van der Waals surface area contributed by atoms with Gasteiger partial charge in [-0.2, -0.15) is 0 Å². The van der Waals surface area contributed by atoms with Crippen molar-refractivity contribution >= 4 is 0 Å². The van der Waals surface area contributed by atoms with Gasteiger partial charge >= 0.3 is 0 Å². The van der Waals surface area contributed by atoms with Gasteiger partial charge < -0.3 is 5.32 Å². The second kappa shape index (κ2) is 8.52. The predicted molar refractivity (Wildman–Crippen MR) is 90.7 cm³/mol. The van der Waals surface area contributed by atoms with Crippen molar-refractivity contribution in [2.75, 3.05) is 39.8 Å². The quantitative estimate of drug-likeness (QED) is 0.831. The molecule has 3 nitrogen and oxygen atoms in total. The largest absolute Gasteiger partial charge is 0.319 e. The Hall–Kier alpha value is -0.900. The molecule has 0 amide bonds. The van der Waals surface area contributed by atoms with Gasteiger partial charge in [0.2, 0.25) is 0 Å². The number of nitrogens with one attached hydrogen (secondary N) is 1. The van der Waals surface area contributed by atoms with E-state index < -0.39 is 0 Å². The van der Waals surface area contributed by atoms with E-state index in [4.69, 9.17) is 0 Å². The minimum atomic E-state index is 0.732. The van der Waals surface area contributed by atoms with Gasteiger partial charge in [-0.05, 0) is 44.5 Å². The van der Waals surface area contributed by atoms with E-state index in [1.807, 2.05) is 7.05 Å². The van der Waals surface area contributed by atoms with Crippen LogP contribution in [0.25, 0.3) is 0 Å². The van der Waals surface area contributed by atoms with E-state index in [9.17, 15) is 0 Å². The molecule has 1 aromatic carbocycles. The molecule has 0 bridgehead atoms. The number of likely N-dealkylation sites (N-methyl/N-ethyl adjacent to an activating group) is 1. The summed E-state index contributed by atoms with van der Waals surface area (Å²) in [5, 5.41) is 3.25. The Labute approximate surface area is 130 Å². The van der Waals surface area contributed by atoms with Gasteiger partial charge in [0.15, 0.2) is 0 Å². The second-order valence-electron chi connectivity index (χ2n) is 6.19. The Kier molecular flexibility index (Phi) is 6.68. The molecule has 0 aromatic heterocycles. The summed E-state index contributed by atoms with van der Waals surface area (Å²) < 4.78 is 0. The van der Waals surface area contributed by atoms with Gasteiger partial charge in [0.25, 0.3) is 0 Å². The molecule has 1 aliphatic heterocycles. The Morgan fingerprint density at radius 1 is 1.10 bits per heavy atom. The van der Waals surface area contributed by atoms with Crippen molar-refractivity contribution < 1.29 is 0 Å². The summed E-state index contributed by atoms with van der Waals surface area (Å²) in [5.41, 5.74) is 3.00. The first kappa shape index (κ1) is 16.5. The molecule has 2 rings (SSSR count). The first-order chi connectivity index (χ1) is 10.2. The van der Waals surface area contributed by atoms with Gasteiger partial charge in [0.05, 0.1) is 0 Å². The number of hydrogen-bond acceptors (Lipinski definition) is 3. The van der Waals surface area contributed by atoms with Gasteiger partial charge in [-0.3, -0.25) is 9.80 Å². The van der Waals surface area contributed by atoms with E-state index in [0.717, 1.165) is 25.6 Å². The fraction of sp³-hybridized carbons (Fsp3) is 0.667. The van der Waals surface area contributed by atoms with E-state index in [0.29, 0.717) is 0 Å². The fourth-order valence-corrected chi connectivity index (χ4v) is 3.08. The van der Waals surface area contributed by atoms with Crippen LogP contribution in [0.4, 0.5) is 0 Å². The maximum atomic E-state index is 3.25. The molecule has 1 aliphatic rings. The summed E-state index contributed by atoms with van der Waals surface area (Å²) in [4.78, 5) is 5.24. The average Bonchev–Trinajstić information content (AvgIpc) is 2.54. The maximum absolute atomic E-state index is 3.25. The molecule has 1 unspecified atom stereocenters. The van der Waals surface area contributed by atoms with Crippen LogP contribution in [-0.4, -0.2) is 55.6 Å². The third-order valence-electron chi connectivity index (χ3n) is 4.78. The highest BCUT2D eigenvalue weighted by Crippen LogP contribution is 2.15. The van der Waals surface area contributed by atoms with E-state index in [-0.39, 0.29) is 0 Å². The molecule has 1 N–H and O–H groups in total. The van der Waals surface area contributed by atoms with Gasteiger partial charge in [0, 0.05) is 38.8 Å². The number of nitrogens with zero attached hydrogens (tertiary/aromatic N) is 2. The van der Waals surface area contributed by atoms with Crippen LogP contribution in [0.3, 0.4) is 0 Å². The zero-order valence-electron chi connectivity index (χ0n) is 13.9. The normalized spacial score (nSPS) is 18.8. The zero-order chi connectivity index (χ0) is 15.1. The first-order valence-corrected chi connectivity index (χ1v) is 8.42. The van der Waals surface area contributed by atoms with Crippen LogP contribution in [0.15, 0.2) is 24.3 Å². The smallest absolute Gasteiger partial charge is 0.0237 e. The fourth-order valence-electron chi connectivity index (χ4n) is 3.08. The number of piperazine rings is 1. The molecule has 0 radical (unpaired) electrons. The minimum Gasteiger partial charge on any atom is -0.319 e. The second-order valence-corrected chi connectivity index (χ2v) is 6.19. The maximum Gasteiger partial charge on any atom is 0.0237 e. The van der Waals surface area contributed by atoms with Crippen LogP contribution in [0.1, 0.15) is 31.4 Å². The molecular weight excluding hydrogens is 258 g/mol. The van der Waals surface area contributed by atoms with E-state index in [2.05, 4.69) is 53.2 Å². The number of benzene rings is 1. The summed E-state index contributed by atoms with van der Waals surface area (Å²) >= 11 is 0. The lowest BCUT2D eigenvalue weighted by molar-refractivity contribution is 0.0962. The van der Waals surface area contributed by atoms with Crippen molar-refractivity contribution in [2.45, 2.75) is 39.3 Å². The van der Waals surface area contributed by atoms with Crippen molar-refractivity contribution in [3.8, 4) is 0 Å². The Morgan fingerprint density at radius 2 is 1.76 bits per heavy atom. The third-order valence-corrected chi connectivity index (χ3v) is 4.78. The average molecular weight is 289 g/mol. The van der Waals surface area contributed by atoms with Crippen LogP contribution in [0.5, 0.6) is 0 Å². The van der Waals surface area contributed by atoms with Gasteiger partial charge in [-0.25, -0.2) is 0 Å². The molecule has 1 aromatic rings. The number of hydrogen-bond donors (Lipinski definition) is 1. The third kappa shape index (κ3) is 4.80. The topological polar surface area (TPSA) is 18.5 Å². The summed E-state index contributed by atoms with van der Waals surface area (Å²) in [6.07, 6.45) is 2.38. The molecule has 1 saturated heterocycles. The van der Waals surface area contributed by atoms with Crippen molar-refractivity contribution in [3.05, 3.63) is 35.4 Å². The van der Waals surface area contributed by atoms with Crippen molar-refractivity contribution in [3.63, 3.8) is 0 Å². The highest BCUT2D eigenvalue weighted by Gasteiger charge is 2.20. The summed E-state index contributed by atoms with van der Waals surface area (Å²) in [6.45, 7) is 11.6. The molecule has 0 spiro atoms. The summed E-state index contributed by atoms with van der Waals surface area (Å²) in [7, 11) is 2.02. The molecule has 1 heterocycles. The first-order valence-electron chi connectivity index (χ1n) is 8.42. The highest BCUT2D eigenvalue weighted by molar-refractivity contribution is 5.27. The predicted octanol–water partition coefficient (Wildman–Crippen LogP) is 2.36. The van der Waals surface area contributed by atoms with Gasteiger partial charge in [0.1, 0.15) is 0 Å². The van der Waals surface area contributed by atoms with Crippen LogP contribution in [0, 0.1) is 0 Å². The molecule has 1 fully saturated rings. The van der Waals surface area contributed by atoms with Crippen LogP contribution < -0.4 is 5.32 Å². The highest BCUT2D eigenvalue weighted by atomic mass is 15.3. The van der Waals surface area contributed by atoms with Crippen molar-refractivity contribution in [1.29, 1.82) is 0 Å². The molecule has 0 saturated carbocycles. The number of rotatable bonds is 7. The summed E-state index contributed by atoms with van der Waals surface area (Å²) in [5.74, 6) is 0. The minimum absolute atomic E-state index is 0.732. The van der Waals surface area contributed by atoms with E-state index in [1.165, 1.54) is 43.7 Å². The lowest BCUT2D eigenvalue weighted by atomic mass is 10.0. The van der Waals surface area contributed by atoms with Crippen LogP contribution in [-0.2, 0) is 13.0 Å². The molecular formula is C18H31N3. The van der Waals surface area contributed by atoms with E-state index in [1.54, 1.807) is 0 Å². The van der Waals surface area contributed by atoms with Crippen LogP contribution in [0.2, 0.25) is 0 Å². The van der Waals surface area contributed by atoms with Crippen molar-refractivity contribution in [2.24, 2.45) is 0 Å². The van der Waals surface area contributed by atoms with Crippen LogP contribution >= 0.6 is 0 Å². The standard InChI is InChI=1S/C18H31N3/c1-4-16(2)21-13-11-20(12-14-21)15-18-8-6-5-7-17(18)9-10-19-3/h5-8,16,19H,4,9-15H2,1-3H3. The molecule has 21 heavy (non-hydrogen) atoms. The SMILES string of the molecule is CCC(C)N1CCN(Cc2ccccc2CCNC)CC1. The molecule has 1 atom stereocenters. The molecule has 3 heteroatoms. The van der Waals surface area contributed by atoms with Gasteiger partial charge in [-0.1, -0.05) is 31.2 Å². The molecule has 0 aliphatic carbocycles. The lowest BCUT2D eigenvalue weighted by Crippen LogP contribution is -2.49. The Morgan fingerprint density at radius 3 is 2.38 bits per heavy atom. The summed E-state index contributed by atoms with van der Waals surface area (Å²) in [6, 6.07) is 9.65. The Balaban J connectivity index is 1.88. The Bertz CT molecular complexity index is 411. The lowest BCUT2D eigenvalue weighted by Gasteiger charge is -2.38. The monoisotopic (exact) mass is 289 g/mol. The molecule has 118 valence electrons. The van der Waals surface area contributed by atoms with E-state index >= 15 is 0 Å². The van der Waals surface area contributed by atoms with Gasteiger partial charge in [-0.15, -0.1) is 0 Å².